The van der Waals surface area contributed by atoms with Crippen molar-refractivity contribution in [2.24, 2.45) is 17.4 Å². The number of hydrogen-bond donors (Lipinski definition) is 1. The van der Waals surface area contributed by atoms with Gasteiger partial charge in [-0.1, -0.05) is 35.9 Å². The molecule has 1 N–H and O–H groups in total. The summed E-state index contributed by atoms with van der Waals surface area (Å²) >= 11 is 6.58. The number of carbonyl (C=O) groups is 1. The highest BCUT2D eigenvalue weighted by Crippen LogP contribution is 2.35. The molecule has 10 heteroatoms. The second kappa shape index (κ2) is 11.0. The number of methoxy groups -OCH3 is 1. The van der Waals surface area contributed by atoms with Crippen LogP contribution >= 0.6 is 11.6 Å². The Hall–Kier alpha value is -3.59. The van der Waals surface area contributed by atoms with Crippen LogP contribution in [0, 0.1) is 6.92 Å². The molecule has 0 spiro atoms. The molecule has 3 aromatic rings. The Labute approximate surface area is 204 Å². The molecule has 3 rings (SSSR count). The summed E-state index contributed by atoms with van der Waals surface area (Å²) in [6, 6.07) is 10.8. The van der Waals surface area contributed by atoms with Gasteiger partial charge in [0.2, 0.25) is 5.88 Å². The highest BCUT2D eigenvalue weighted by atomic mass is 35.5. The molecule has 0 bridgehead atoms. The van der Waals surface area contributed by atoms with Crippen molar-refractivity contribution in [3.8, 4) is 22.9 Å². The van der Waals surface area contributed by atoms with E-state index in [2.05, 4.69) is 20.8 Å². The van der Waals surface area contributed by atoms with E-state index in [1.54, 1.807) is 18.8 Å². The molecule has 1 aromatic heterocycles. The quantitative estimate of drug-likeness (QED) is 0.345. The molecule has 2 aromatic carbocycles. The molecule has 180 valence electrons. The number of urea groups is 1. The number of carbonyl (C=O) groups excluding carboxylic acids is 1. The highest BCUT2D eigenvalue weighted by Gasteiger charge is 2.21. The van der Waals surface area contributed by atoms with Crippen LogP contribution in [-0.2, 0) is 20.1 Å². The van der Waals surface area contributed by atoms with Gasteiger partial charge in [0.1, 0.15) is 12.4 Å². The van der Waals surface area contributed by atoms with E-state index >= 15 is 0 Å². The number of nitrogens with zero attached hydrogens (tertiary/aromatic N) is 5. The fourth-order valence-corrected chi connectivity index (χ4v) is 4.04. The number of anilines is 1. The summed E-state index contributed by atoms with van der Waals surface area (Å²) in [5.74, 6) is 1.21. The fourth-order valence-electron chi connectivity index (χ4n) is 3.80. The van der Waals surface area contributed by atoms with E-state index in [4.69, 9.17) is 21.1 Å². The summed E-state index contributed by atoms with van der Waals surface area (Å²) in [5.41, 5.74) is 5.02. The largest absolute Gasteiger partial charge is 0.487 e. The van der Waals surface area contributed by atoms with Crippen molar-refractivity contribution in [2.75, 3.05) is 26.2 Å². The average molecular weight is 485 g/mol. The number of halogens is 1. The van der Waals surface area contributed by atoms with Gasteiger partial charge in [0, 0.05) is 30.8 Å². The number of rotatable bonds is 8. The molecule has 0 atom stereocenters. The van der Waals surface area contributed by atoms with Crippen molar-refractivity contribution in [1.29, 1.82) is 0 Å². The third kappa shape index (κ3) is 4.99. The zero-order chi connectivity index (χ0) is 24.8. The number of nitrogens with one attached hydrogen (secondary N) is 1. The van der Waals surface area contributed by atoms with E-state index in [1.165, 1.54) is 12.1 Å². The first kappa shape index (κ1) is 25.0. The predicted octanol–water partition coefficient (Wildman–Crippen LogP) is 5.34. The number of hydrogen-bond acceptors (Lipinski definition) is 6. The van der Waals surface area contributed by atoms with Crippen LogP contribution in [0.5, 0.6) is 11.6 Å². The summed E-state index contributed by atoms with van der Waals surface area (Å²) in [6.45, 7) is 4.19. The molecule has 2 amide bonds. The van der Waals surface area contributed by atoms with Gasteiger partial charge in [-0.15, -0.1) is 0 Å². The molecule has 0 aliphatic heterocycles. The lowest BCUT2D eigenvalue weighted by molar-refractivity contribution is 0.247. The first-order chi connectivity index (χ1) is 16.4. The second-order valence-corrected chi connectivity index (χ2v) is 7.87. The van der Waals surface area contributed by atoms with Crippen LogP contribution < -0.4 is 19.8 Å². The smallest absolute Gasteiger partial charge is 0.343 e. The number of aryl methyl sites for hydroxylation is 2. The van der Waals surface area contributed by atoms with Gasteiger partial charge in [-0.3, -0.25) is 0 Å². The van der Waals surface area contributed by atoms with Gasteiger partial charge < -0.3 is 14.8 Å². The van der Waals surface area contributed by atoms with E-state index in [-0.39, 0.29) is 6.61 Å². The minimum absolute atomic E-state index is 0.196. The first-order valence-corrected chi connectivity index (χ1v) is 11.2. The number of benzene rings is 2. The average Bonchev–Trinajstić information content (AvgIpc) is 3.13. The Morgan fingerprint density at radius 2 is 2.06 bits per heavy atom. The molecular weight excluding hydrogens is 456 g/mol. The first-order valence-electron chi connectivity index (χ1n) is 10.8. The monoisotopic (exact) mass is 484 g/mol. The van der Waals surface area contributed by atoms with Crippen molar-refractivity contribution in [3.63, 3.8) is 0 Å². The van der Waals surface area contributed by atoms with E-state index in [1.807, 2.05) is 57.3 Å². The van der Waals surface area contributed by atoms with E-state index in [9.17, 15) is 4.79 Å². The Bertz CT molecular complexity index is 1210. The Balaban J connectivity index is 1.92. The third-order valence-corrected chi connectivity index (χ3v) is 5.73. The summed E-state index contributed by atoms with van der Waals surface area (Å²) in [6.07, 6.45) is 0.755. The van der Waals surface area contributed by atoms with E-state index in [0.29, 0.717) is 22.3 Å². The number of amides is 2. The molecular formula is C24H29ClN6O3. The fraction of sp³-hybridized carbons (Fsp3) is 0.333. The van der Waals surface area contributed by atoms with Gasteiger partial charge in [-0.25, -0.2) is 9.48 Å². The van der Waals surface area contributed by atoms with Gasteiger partial charge in [0.15, 0.2) is 0 Å². The summed E-state index contributed by atoms with van der Waals surface area (Å²) < 4.78 is 13.2. The molecule has 0 aliphatic carbocycles. The molecule has 0 unspecified atom stereocenters. The maximum absolute atomic E-state index is 12.4. The molecule has 34 heavy (non-hydrogen) atoms. The SMILES string of the molecule is CCc1cccc(N(N=NC)C(=O)NC)c1COc1ccc(-c2nn(C)c(OC)c2C)cc1Cl. The number of ether oxygens (including phenoxy) is 2. The van der Waals surface area contributed by atoms with Crippen LogP contribution in [0.4, 0.5) is 10.5 Å². The van der Waals surface area contributed by atoms with Crippen LogP contribution in [-0.4, -0.2) is 37.0 Å². The Morgan fingerprint density at radius 1 is 1.29 bits per heavy atom. The van der Waals surface area contributed by atoms with Gasteiger partial charge in [-0.2, -0.15) is 15.2 Å². The molecule has 0 aliphatic rings. The highest BCUT2D eigenvalue weighted by molar-refractivity contribution is 6.32. The summed E-state index contributed by atoms with van der Waals surface area (Å²) in [5, 5.41) is 16.6. The van der Waals surface area contributed by atoms with Crippen LogP contribution in [0.25, 0.3) is 11.3 Å². The van der Waals surface area contributed by atoms with Gasteiger partial charge >= 0.3 is 6.03 Å². The lowest BCUT2D eigenvalue weighted by Gasteiger charge is -2.21. The van der Waals surface area contributed by atoms with Crippen LogP contribution in [0.15, 0.2) is 46.7 Å². The Morgan fingerprint density at radius 3 is 2.65 bits per heavy atom. The standard InChI is InChI=1S/C24H29ClN6O3/c1-7-16-9-8-10-20(31(29-27-4)24(32)26-3)18(16)14-34-21-12-11-17(13-19(21)25)22-15(2)23(33-6)30(5)28-22/h8-13H,7,14H2,1-6H3,(H,26,32). The maximum Gasteiger partial charge on any atom is 0.343 e. The van der Waals surface area contributed by atoms with Crippen LogP contribution in [0.2, 0.25) is 5.02 Å². The predicted molar refractivity (Wildman–Crippen MR) is 133 cm³/mol. The zero-order valence-electron chi connectivity index (χ0n) is 20.2. The number of aromatic nitrogens is 2. The topological polar surface area (TPSA) is 93.3 Å². The van der Waals surface area contributed by atoms with Gasteiger partial charge in [0.05, 0.1) is 30.6 Å². The van der Waals surface area contributed by atoms with Crippen molar-refractivity contribution >= 4 is 23.3 Å². The van der Waals surface area contributed by atoms with E-state index < -0.39 is 6.03 Å². The summed E-state index contributed by atoms with van der Waals surface area (Å²) in [7, 11) is 6.50. The van der Waals surface area contributed by atoms with Gasteiger partial charge in [0.25, 0.3) is 0 Å². The van der Waals surface area contributed by atoms with Crippen molar-refractivity contribution in [3.05, 3.63) is 58.1 Å². The molecule has 1 heterocycles. The molecule has 0 radical (unpaired) electrons. The van der Waals surface area contributed by atoms with Crippen molar-refractivity contribution in [2.45, 2.75) is 26.9 Å². The minimum atomic E-state index is -0.399. The summed E-state index contributed by atoms with van der Waals surface area (Å²) in [4.78, 5) is 12.4. The second-order valence-electron chi connectivity index (χ2n) is 7.47. The molecule has 9 nitrogen and oxygen atoms in total. The van der Waals surface area contributed by atoms with Crippen LogP contribution in [0.3, 0.4) is 0 Å². The zero-order valence-corrected chi connectivity index (χ0v) is 21.0. The minimum Gasteiger partial charge on any atom is -0.487 e. The van der Waals surface area contributed by atoms with Gasteiger partial charge in [-0.05, 0) is 43.2 Å². The van der Waals surface area contributed by atoms with Crippen molar-refractivity contribution < 1.29 is 14.3 Å². The normalized spacial score (nSPS) is 11.0. The molecule has 0 saturated carbocycles. The lowest BCUT2D eigenvalue weighted by atomic mass is 10.0. The molecule has 0 fully saturated rings. The third-order valence-electron chi connectivity index (χ3n) is 5.43. The molecule has 0 saturated heterocycles. The van der Waals surface area contributed by atoms with Crippen molar-refractivity contribution in [1.82, 2.24) is 15.1 Å². The lowest BCUT2D eigenvalue weighted by Crippen LogP contribution is -2.34. The maximum atomic E-state index is 12.4. The van der Waals surface area contributed by atoms with E-state index in [0.717, 1.165) is 34.4 Å². The van der Waals surface area contributed by atoms with Crippen LogP contribution in [0.1, 0.15) is 23.6 Å². The Kier molecular flexibility index (Phi) is 8.12.